The third-order valence-corrected chi connectivity index (χ3v) is 4.66. The largest absolute Gasteiger partial charge is 0.439 e. The average molecular weight is 390 g/mol. The third-order valence-electron chi connectivity index (χ3n) is 3.74. The van der Waals surface area contributed by atoms with E-state index < -0.39 is 11.7 Å². The third kappa shape index (κ3) is 5.23. The van der Waals surface area contributed by atoms with Gasteiger partial charge in [0.2, 0.25) is 5.88 Å². The van der Waals surface area contributed by atoms with Gasteiger partial charge in [0.15, 0.2) is 5.16 Å². The summed E-state index contributed by atoms with van der Waals surface area (Å²) >= 11 is 1.27. The SMILES string of the molecule is Cc1cc(Oc2ccccc2C)nc(SCc2cccc(C(F)(F)F)c2)n1. The van der Waals surface area contributed by atoms with Crippen molar-refractivity contribution in [2.45, 2.75) is 30.9 Å². The minimum atomic E-state index is -4.35. The molecule has 7 heteroatoms. The van der Waals surface area contributed by atoms with Crippen molar-refractivity contribution in [3.63, 3.8) is 0 Å². The molecule has 0 atom stereocenters. The van der Waals surface area contributed by atoms with Crippen LogP contribution in [0.4, 0.5) is 13.2 Å². The van der Waals surface area contributed by atoms with Gasteiger partial charge < -0.3 is 4.74 Å². The monoisotopic (exact) mass is 390 g/mol. The smallest absolute Gasteiger partial charge is 0.416 e. The van der Waals surface area contributed by atoms with Gasteiger partial charge in [-0.25, -0.2) is 4.98 Å². The van der Waals surface area contributed by atoms with E-state index in [9.17, 15) is 13.2 Å². The fourth-order valence-electron chi connectivity index (χ4n) is 2.40. The highest BCUT2D eigenvalue weighted by molar-refractivity contribution is 7.98. The predicted molar refractivity (Wildman–Crippen MR) is 99.0 cm³/mol. The molecule has 3 aromatic rings. The van der Waals surface area contributed by atoms with Gasteiger partial charge in [-0.15, -0.1) is 0 Å². The van der Waals surface area contributed by atoms with Gasteiger partial charge in [-0.05, 0) is 37.1 Å². The Labute approximate surface area is 159 Å². The van der Waals surface area contributed by atoms with Crippen LogP contribution in [0, 0.1) is 13.8 Å². The molecule has 27 heavy (non-hydrogen) atoms. The number of nitrogens with zero attached hydrogens (tertiary/aromatic N) is 2. The van der Waals surface area contributed by atoms with Crippen LogP contribution in [-0.4, -0.2) is 9.97 Å². The summed E-state index contributed by atoms with van der Waals surface area (Å²) in [6.45, 7) is 3.76. The number of rotatable bonds is 5. The van der Waals surface area contributed by atoms with Gasteiger partial charge >= 0.3 is 6.18 Å². The Morgan fingerprint density at radius 1 is 0.963 bits per heavy atom. The summed E-state index contributed by atoms with van der Waals surface area (Å²) < 4.78 is 44.3. The first-order valence-electron chi connectivity index (χ1n) is 8.19. The number of hydrogen-bond donors (Lipinski definition) is 0. The van der Waals surface area contributed by atoms with Crippen LogP contribution in [0.5, 0.6) is 11.6 Å². The second-order valence-corrected chi connectivity index (χ2v) is 6.93. The van der Waals surface area contributed by atoms with E-state index in [-0.39, 0.29) is 0 Å². The molecule has 3 rings (SSSR count). The highest BCUT2D eigenvalue weighted by Gasteiger charge is 2.30. The van der Waals surface area contributed by atoms with Gasteiger partial charge in [0.1, 0.15) is 5.75 Å². The molecule has 0 aliphatic carbocycles. The van der Waals surface area contributed by atoms with Gasteiger partial charge in [-0.3, -0.25) is 0 Å². The Kier molecular flexibility index (Phi) is 5.70. The summed E-state index contributed by atoms with van der Waals surface area (Å²) in [4.78, 5) is 8.70. The number of ether oxygens (including phenoxy) is 1. The molecule has 0 bridgehead atoms. The Morgan fingerprint density at radius 3 is 2.48 bits per heavy atom. The molecule has 0 amide bonds. The van der Waals surface area contributed by atoms with Gasteiger partial charge in [-0.2, -0.15) is 18.2 Å². The quantitative estimate of drug-likeness (QED) is 0.384. The molecular weight excluding hydrogens is 373 g/mol. The van der Waals surface area contributed by atoms with Crippen molar-refractivity contribution < 1.29 is 17.9 Å². The zero-order valence-electron chi connectivity index (χ0n) is 14.7. The molecule has 1 heterocycles. The fourth-order valence-corrected chi connectivity index (χ4v) is 3.24. The van der Waals surface area contributed by atoms with Crippen LogP contribution in [-0.2, 0) is 11.9 Å². The Bertz CT molecular complexity index is 945. The van der Waals surface area contributed by atoms with Crippen LogP contribution >= 0.6 is 11.8 Å². The first kappa shape index (κ1) is 19.2. The molecule has 0 aliphatic heterocycles. The lowest BCUT2D eigenvalue weighted by Gasteiger charge is -2.10. The molecule has 0 spiro atoms. The van der Waals surface area contributed by atoms with Crippen LogP contribution < -0.4 is 4.74 Å². The number of benzene rings is 2. The standard InChI is InChI=1S/C20H17F3N2OS/c1-13-6-3-4-9-17(13)26-18-10-14(2)24-19(25-18)27-12-15-7-5-8-16(11-15)20(21,22)23/h3-11H,12H2,1-2H3. The van der Waals surface area contributed by atoms with E-state index in [4.69, 9.17) is 4.74 Å². The first-order chi connectivity index (χ1) is 12.8. The molecule has 0 aliphatic rings. The topological polar surface area (TPSA) is 35.0 Å². The first-order valence-corrected chi connectivity index (χ1v) is 9.18. The summed E-state index contributed by atoms with van der Waals surface area (Å²) in [6, 6.07) is 14.6. The minimum absolute atomic E-state index is 0.331. The van der Waals surface area contributed by atoms with E-state index in [1.165, 1.54) is 17.8 Å². The molecule has 1 aromatic heterocycles. The van der Waals surface area contributed by atoms with Crippen molar-refractivity contribution in [1.82, 2.24) is 9.97 Å². The van der Waals surface area contributed by atoms with Crippen molar-refractivity contribution >= 4 is 11.8 Å². The number of aryl methyl sites for hydroxylation is 2. The lowest BCUT2D eigenvalue weighted by Crippen LogP contribution is -2.05. The van der Waals surface area contributed by atoms with Gasteiger partial charge in [0.05, 0.1) is 5.56 Å². The van der Waals surface area contributed by atoms with Crippen LogP contribution in [0.2, 0.25) is 0 Å². The van der Waals surface area contributed by atoms with E-state index in [2.05, 4.69) is 9.97 Å². The normalized spacial score (nSPS) is 11.4. The number of halogens is 3. The fraction of sp³-hybridized carbons (Fsp3) is 0.200. The molecule has 0 saturated carbocycles. The Balaban J connectivity index is 1.74. The van der Waals surface area contributed by atoms with Crippen molar-refractivity contribution in [1.29, 1.82) is 0 Å². The van der Waals surface area contributed by atoms with Gasteiger partial charge in [0, 0.05) is 17.5 Å². The van der Waals surface area contributed by atoms with Crippen LogP contribution in [0.25, 0.3) is 0 Å². The molecule has 3 nitrogen and oxygen atoms in total. The van der Waals surface area contributed by atoms with Crippen molar-refractivity contribution in [2.75, 3.05) is 0 Å². The second-order valence-electron chi connectivity index (χ2n) is 5.98. The zero-order chi connectivity index (χ0) is 19.4. The molecule has 140 valence electrons. The van der Waals surface area contributed by atoms with E-state index in [1.807, 2.05) is 38.1 Å². The van der Waals surface area contributed by atoms with Crippen molar-refractivity contribution in [3.05, 3.63) is 77.0 Å². The van der Waals surface area contributed by atoms with Crippen molar-refractivity contribution in [2.24, 2.45) is 0 Å². The van der Waals surface area contributed by atoms with Gasteiger partial charge in [0.25, 0.3) is 0 Å². The summed E-state index contributed by atoms with van der Waals surface area (Å²) in [7, 11) is 0. The number of aromatic nitrogens is 2. The zero-order valence-corrected chi connectivity index (χ0v) is 15.6. The molecule has 0 N–H and O–H groups in total. The summed E-state index contributed by atoms with van der Waals surface area (Å²) in [6.07, 6.45) is -4.35. The molecular formula is C20H17F3N2OS. The van der Waals surface area contributed by atoms with Crippen LogP contribution in [0.15, 0.2) is 59.8 Å². The van der Waals surface area contributed by atoms with E-state index in [0.29, 0.717) is 28.1 Å². The number of para-hydroxylation sites is 1. The molecule has 0 radical (unpaired) electrons. The summed E-state index contributed by atoms with van der Waals surface area (Å²) in [5.74, 6) is 1.43. The summed E-state index contributed by atoms with van der Waals surface area (Å²) in [5.41, 5.74) is 1.60. The Morgan fingerprint density at radius 2 is 1.74 bits per heavy atom. The molecule has 2 aromatic carbocycles. The highest BCUT2D eigenvalue weighted by Crippen LogP contribution is 2.31. The lowest BCUT2D eigenvalue weighted by molar-refractivity contribution is -0.137. The number of thioether (sulfide) groups is 1. The van der Waals surface area contributed by atoms with Crippen LogP contribution in [0.3, 0.4) is 0 Å². The maximum Gasteiger partial charge on any atom is 0.416 e. The minimum Gasteiger partial charge on any atom is -0.439 e. The van der Waals surface area contributed by atoms with Gasteiger partial charge in [-0.1, -0.05) is 48.2 Å². The molecule has 0 saturated heterocycles. The number of hydrogen-bond acceptors (Lipinski definition) is 4. The maximum absolute atomic E-state index is 12.8. The number of alkyl halides is 3. The molecule has 0 fully saturated rings. The highest BCUT2D eigenvalue weighted by atomic mass is 32.2. The summed E-state index contributed by atoms with van der Waals surface area (Å²) in [5, 5.41) is 0.455. The second kappa shape index (κ2) is 8.00. The van der Waals surface area contributed by atoms with Crippen molar-refractivity contribution in [3.8, 4) is 11.6 Å². The average Bonchev–Trinajstić information content (AvgIpc) is 2.61. The van der Waals surface area contributed by atoms with Crippen LogP contribution in [0.1, 0.15) is 22.4 Å². The predicted octanol–water partition coefficient (Wildman–Crippen LogP) is 6.20. The maximum atomic E-state index is 12.8. The van der Waals surface area contributed by atoms with E-state index in [0.717, 1.165) is 23.4 Å². The lowest BCUT2D eigenvalue weighted by atomic mass is 10.1. The van der Waals surface area contributed by atoms with E-state index in [1.54, 1.807) is 12.1 Å². The molecule has 0 unspecified atom stereocenters. The van der Waals surface area contributed by atoms with E-state index >= 15 is 0 Å². The Hall–Kier alpha value is -2.54.